The lowest BCUT2D eigenvalue weighted by Crippen LogP contribution is -3.20. The molecular weight excluding hydrogens is 382 g/mol. The molecule has 1 amide bonds. The largest absolute Gasteiger partial charge is 0.467 e. The molecule has 3 aliphatic heterocycles. The first-order chi connectivity index (χ1) is 14.6. The molecule has 162 valence electrons. The summed E-state index contributed by atoms with van der Waals surface area (Å²) < 4.78 is 7.23. The van der Waals surface area contributed by atoms with E-state index in [2.05, 4.69) is 15.6 Å². The second-order valence-corrected chi connectivity index (χ2v) is 9.42. The van der Waals surface area contributed by atoms with E-state index in [9.17, 15) is 9.90 Å². The summed E-state index contributed by atoms with van der Waals surface area (Å²) in [7, 11) is 0. The maximum Gasteiger partial charge on any atom is 0.229 e. The number of aliphatic hydroxyl groups is 1. The van der Waals surface area contributed by atoms with Gasteiger partial charge in [-0.25, -0.2) is 4.68 Å². The first-order valence-corrected chi connectivity index (χ1v) is 11.4. The highest BCUT2D eigenvalue weighted by Crippen LogP contribution is 2.35. The van der Waals surface area contributed by atoms with Crippen LogP contribution in [-0.2, 0) is 23.5 Å². The van der Waals surface area contributed by atoms with Crippen LogP contribution in [0.4, 0.5) is 0 Å². The van der Waals surface area contributed by atoms with Crippen LogP contribution in [0.15, 0.2) is 29.0 Å². The molecule has 0 aromatic carbocycles. The SMILES string of the molecule is O=C(NCc1ccco1)[C@H]1C[NH+]2CC[C@@H]1C[C@@H]2Cn1cc(C2(O)CCCCC2)nn1. The number of nitrogens with one attached hydrogen (secondary N) is 2. The topological polar surface area (TPSA) is 97.6 Å². The Morgan fingerprint density at radius 3 is 2.97 bits per heavy atom. The minimum absolute atomic E-state index is 0.0780. The molecule has 4 aliphatic rings. The Bertz CT molecular complexity index is 858. The van der Waals surface area contributed by atoms with E-state index >= 15 is 0 Å². The van der Waals surface area contributed by atoms with Crippen LogP contribution in [0, 0.1) is 11.8 Å². The molecule has 1 saturated carbocycles. The van der Waals surface area contributed by atoms with E-state index in [1.165, 1.54) is 11.3 Å². The van der Waals surface area contributed by atoms with Gasteiger partial charge in [-0.1, -0.05) is 24.5 Å². The summed E-state index contributed by atoms with van der Waals surface area (Å²) in [6.07, 6.45) is 10.6. The van der Waals surface area contributed by atoms with E-state index in [0.29, 0.717) is 18.5 Å². The molecule has 0 spiro atoms. The van der Waals surface area contributed by atoms with Gasteiger partial charge >= 0.3 is 0 Å². The van der Waals surface area contributed by atoms with E-state index in [1.54, 1.807) is 6.26 Å². The van der Waals surface area contributed by atoms with Crippen LogP contribution in [0.25, 0.3) is 0 Å². The standard InChI is InChI=1S/C22H31N5O3/c28-21(23-12-18-5-4-10-30-18)19-14-26-9-6-16(19)11-17(26)13-27-15-20(24-25-27)22(29)7-2-1-3-8-22/h4-5,10,15-17,19,29H,1-3,6-9,11-14H2,(H,23,28)/p+1/t16-,17-,19+/m1/s1. The van der Waals surface area contributed by atoms with Crippen molar-refractivity contribution in [2.75, 3.05) is 13.1 Å². The zero-order valence-corrected chi connectivity index (χ0v) is 17.4. The van der Waals surface area contributed by atoms with Crippen LogP contribution >= 0.6 is 0 Å². The molecule has 5 heterocycles. The number of piperidine rings is 3. The second kappa shape index (κ2) is 8.15. The second-order valence-electron chi connectivity index (χ2n) is 9.42. The molecule has 1 unspecified atom stereocenters. The molecule has 8 heteroatoms. The summed E-state index contributed by atoms with van der Waals surface area (Å²) >= 11 is 0. The lowest BCUT2D eigenvalue weighted by Gasteiger charge is -2.46. The molecule has 4 fully saturated rings. The number of nitrogens with zero attached hydrogens (tertiary/aromatic N) is 3. The van der Waals surface area contributed by atoms with Crippen molar-refractivity contribution in [2.24, 2.45) is 11.8 Å². The highest BCUT2D eigenvalue weighted by atomic mass is 16.3. The van der Waals surface area contributed by atoms with Crippen molar-refractivity contribution >= 4 is 5.91 Å². The average Bonchev–Trinajstić information content (AvgIpc) is 3.45. The summed E-state index contributed by atoms with van der Waals surface area (Å²) in [5, 5.41) is 22.6. The van der Waals surface area contributed by atoms with Crippen molar-refractivity contribution in [1.29, 1.82) is 0 Å². The van der Waals surface area contributed by atoms with Gasteiger partial charge in [0.05, 0.1) is 44.6 Å². The summed E-state index contributed by atoms with van der Waals surface area (Å²) in [6.45, 7) is 3.25. The fourth-order valence-corrected chi connectivity index (χ4v) is 5.76. The molecule has 2 aromatic rings. The normalized spacial score (nSPS) is 30.3. The Kier molecular flexibility index (Phi) is 5.37. The highest BCUT2D eigenvalue weighted by Gasteiger charge is 2.46. The minimum Gasteiger partial charge on any atom is -0.467 e. The van der Waals surface area contributed by atoms with E-state index in [0.717, 1.165) is 69.6 Å². The molecule has 4 atom stereocenters. The van der Waals surface area contributed by atoms with Gasteiger partial charge in [-0.2, -0.15) is 0 Å². The molecule has 3 N–H and O–H groups in total. The number of carbonyl (C=O) groups is 1. The van der Waals surface area contributed by atoms with Crippen LogP contribution < -0.4 is 10.2 Å². The third kappa shape index (κ3) is 3.90. The number of carbonyl (C=O) groups excluding carboxylic acids is 1. The molecule has 6 rings (SSSR count). The van der Waals surface area contributed by atoms with Crippen molar-refractivity contribution in [3.05, 3.63) is 36.0 Å². The van der Waals surface area contributed by atoms with Gasteiger partial charge in [-0.15, -0.1) is 5.10 Å². The third-order valence-corrected chi connectivity index (χ3v) is 7.51. The summed E-state index contributed by atoms with van der Waals surface area (Å²) in [5.41, 5.74) is -0.0739. The number of hydrogen-bond acceptors (Lipinski definition) is 5. The maximum absolute atomic E-state index is 12.7. The number of furan rings is 1. The number of fused-ring (bicyclic) bond motifs is 3. The number of hydrogen-bond donors (Lipinski definition) is 3. The highest BCUT2D eigenvalue weighted by molar-refractivity contribution is 5.79. The van der Waals surface area contributed by atoms with Crippen LogP contribution in [0.1, 0.15) is 56.4 Å². The van der Waals surface area contributed by atoms with Crippen molar-refractivity contribution in [1.82, 2.24) is 20.3 Å². The van der Waals surface area contributed by atoms with Crippen molar-refractivity contribution in [3.8, 4) is 0 Å². The lowest BCUT2D eigenvalue weighted by molar-refractivity contribution is -0.945. The van der Waals surface area contributed by atoms with E-state index < -0.39 is 5.60 Å². The Morgan fingerprint density at radius 1 is 1.37 bits per heavy atom. The average molecular weight is 415 g/mol. The van der Waals surface area contributed by atoms with Crippen LogP contribution in [-0.4, -0.2) is 45.1 Å². The van der Waals surface area contributed by atoms with Gasteiger partial charge < -0.3 is 19.7 Å². The maximum atomic E-state index is 12.7. The van der Waals surface area contributed by atoms with Crippen molar-refractivity contribution in [3.63, 3.8) is 0 Å². The van der Waals surface area contributed by atoms with Crippen LogP contribution in [0.3, 0.4) is 0 Å². The fourth-order valence-electron chi connectivity index (χ4n) is 5.76. The minimum atomic E-state index is -0.799. The van der Waals surface area contributed by atoms with Gasteiger partial charge in [0.15, 0.2) is 0 Å². The number of aromatic nitrogens is 3. The number of rotatable bonds is 6. The smallest absolute Gasteiger partial charge is 0.229 e. The van der Waals surface area contributed by atoms with Gasteiger partial charge in [0.25, 0.3) is 0 Å². The third-order valence-electron chi connectivity index (χ3n) is 7.51. The molecule has 2 bridgehead atoms. The zero-order chi connectivity index (χ0) is 20.6. The monoisotopic (exact) mass is 414 g/mol. The fraction of sp³-hybridized carbons (Fsp3) is 0.682. The summed E-state index contributed by atoms with van der Waals surface area (Å²) in [6, 6.07) is 4.18. The molecule has 8 nitrogen and oxygen atoms in total. The summed E-state index contributed by atoms with van der Waals surface area (Å²) in [5.74, 6) is 1.44. The summed E-state index contributed by atoms with van der Waals surface area (Å²) in [4.78, 5) is 14.2. The van der Waals surface area contributed by atoms with Gasteiger partial charge in [0, 0.05) is 12.8 Å². The van der Waals surface area contributed by atoms with Gasteiger partial charge in [0.2, 0.25) is 5.91 Å². The molecule has 1 aliphatic carbocycles. The quantitative estimate of drug-likeness (QED) is 0.644. The van der Waals surface area contributed by atoms with Crippen LogP contribution in [0.2, 0.25) is 0 Å². The van der Waals surface area contributed by atoms with Gasteiger partial charge in [-0.05, 0) is 30.9 Å². The van der Waals surface area contributed by atoms with Crippen molar-refractivity contribution in [2.45, 2.75) is 69.7 Å². The van der Waals surface area contributed by atoms with Crippen molar-refractivity contribution < 1.29 is 19.2 Å². The van der Waals surface area contributed by atoms with E-state index in [1.807, 2.05) is 23.0 Å². The molecular formula is C22H32N5O3+. The zero-order valence-electron chi connectivity index (χ0n) is 17.4. The Morgan fingerprint density at radius 2 is 2.23 bits per heavy atom. The first kappa shape index (κ1) is 19.8. The molecule has 2 aromatic heterocycles. The van der Waals surface area contributed by atoms with Gasteiger partial charge in [-0.3, -0.25) is 4.79 Å². The predicted molar refractivity (Wildman–Crippen MR) is 108 cm³/mol. The Hall–Kier alpha value is -2.19. The Labute approximate surface area is 176 Å². The van der Waals surface area contributed by atoms with Gasteiger partial charge in [0.1, 0.15) is 23.1 Å². The molecule has 0 radical (unpaired) electrons. The van der Waals surface area contributed by atoms with Crippen LogP contribution in [0.5, 0.6) is 0 Å². The first-order valence-electron chi connectivity index (χ1n) is 11.4. The molecule has 30 heavy (non-hydrogen) atoms. The van der Waals surface area contributed by atoms with E-state index in [-0.39, 0.29) is 11.8 Å². The number of amides is 1. The van der Waals surface area contributed by atoms with E-state index in [4.69, 9.17) is 4.42 Å². The lowest BCUT2D eigenvalue weighted by atomic mass is 9.75. The number of quaternary nitrogens is 1. The Balaban J connectivity index is 1.18. The molecule has 3 saturated heterocycles. The predicted octanol–water partition coefficient (Wildman–Crippen LogP) is 0.633.